The number of nitro groups is 1. The number of benzene rings is 1. The molecule has 0 atom stereocenters. The Labute approximate surface area is 126 Å². The molecule has 8 nitrogen and oxygen atoms in total. The van der Waals surface area contributed by atoms with Crippen LogP contribution in [0, 0.1) is 10.1 Å². The highest BCUT2D eigenvalue weighted by Crippen LogP contribution is 2.25. The number of hydrogen-bond acceptors (Lipinski definition) is 6. The number of nitrogens with zero attached hydrogens (tertiary/aromatic N) is 3. The van der Waals surface area contributed by atoms with E-state index in [1.807, 2.05) is 0 Å². The molecular weight excluding hydrogens is 290 g/mol. The molecule has 0 N–H and O–H groups in total. The first-order valence-corrected chi connectivity index (χ1v) is 6.61. The summed E-state index contributed by atoms with van der Waals surface area (Å²) >= 11 is 0. The summed E-state index contributed by atoms with van der Waals surface area (Å²) in [4.78, 5) is 25.8. The van der Waals surface area contributed by atoms with Gasteiger partial charge in [-0.1, -0.05) is 0 Å². The number of carbonyl (C=O) groups is 1. The molecule has 1 aromatic carbocycles. The lowest BCUT2D eigenvalue weighted by molar-refractivity contribution is -0.385. The van der Waals surface area contributed by atoms with Gasteiger partial charge in [-0.05, 0) is 19.1 Å². The van der Waals surface area contributed by atoms with Gasteiger partial charge in [0.25, 0.3) is 5.69 Å². The Morgan fingerprint density at radius 1 is 1.45 bits per heavy atom. The maximum Gasteiger partial charge on any atom is 0.344 e. The Balaban J connectivity index is 2.13. The first kappa shape index (κ1) is 15.5. The Hall–Kier alpha value is -2.90. The molecule has 0 amide bonds. The smallest absolute Gasteiger partial charge is 0.344 e. The molecule has 0 radical (unpaired) electrons. The van der Waals surface area contributed by atoms with Crippen molar-refractivity contribution in [1.29, 1.82) is 0 Å². The van der Waals surface area contributed by atoms with Crippen molar-refractivity contribution in [2.24, 2.45) is 0 Å². The molecule has 0 saturated carbocycles. The average molecular weight is 305 g/mol. The first-order valence-electron chi connectivity index (χ1n) is 6.61. The fourth-order valence-electron chi connectivity index (χ4n) is 1.86. The molecular formula is C14H15N3O5. The number of ether oxygens (including phenoxy) is 2. The van der Waals surface area contributed by atoms with Crippen LogP contribution in [0.4, 0.5) is 5.69 Å². The summed E-state index contributed by atoms with van der Waals surface area (Å²) in [5, 5.41) is 11.2. The van der Waals surface area contributed by atoms with E-state index in [0.29, 0.717) is 12.1 Å². The topological polar surface area (TPSA) is 96.5 Å². The summed E-state index contributed by atoms with van der Waals surface area (Å²) in [5.41, 5.74) is 0.446. The Morgan fingerprint density at radius 2 is 2.27 bits per heavy atom. The second kappa shape index (κ2) is 7.21. The summed E-state index contributed by atoms with van der Waals surface area (Å²) < 4.78 is 11.7. The molecule has 0 fully saturated rings. The highest BCUT2D eigenvalue weighted by atomic mass is 16.6. The van der Waals surface area contributed by atoms with E-state index in [-0.39, 0.29) is 24.7 Å². The van der Waals surface area contributed by atoms with Gasteiger partial charge in [0.1, 0.15) is 5.75 Å². The van der Waals surface area contributed by atoms with Gasteiger partial charge in [0, 0.05) is 18.0 Å². The number of imidazole rings is 1. The van der Waals surface area contributed by atoms with Gasteiger partial charge < -0.3 is 14.0 Å². The summed E-state index contributed by atoms with van der Waals surface area (Å²) in [6, 6.07) is 4.47. The molecule has 1 heterocycles. The normalized spacial score (nSPS) is 10.2. The summed E-state index contributed by atoms with van der Waals surface area (Å²) in [7, 11) is 0. The van der Waals surface area contributed by atoms with E-state index in [9.17, 15) is 14.9 Å². The summed E-state index contributed by atoms with van der Waals surface area (Å²) in [5.74, 6) is -0.276. The van der Waals surface area contributed by atoms with E-state index in [0.717, 1.165) is 0 Å². The van der Waals surface area contributed by atoms with E-state index in [2.05, 4.69) is 4.98 Å². The van der Waals surface area contributed by atoms with Gasteiger partial charge in [-0.2, -0.15) is 0 Å². The zero-order valence-corrected chi connectivity index (χ0v) is 12.0. The molecule has 116 valence electrons. The van der Waals surface area contributed by atoms with Crippen molar-refractivity contribution in [2.75, 3.05) is 13.2 Å². The monoisotopic (exact) mass is 305 g/mol. The molecule has 2 rings (SSSR count). The quantitative estimate of drug-likeness (QED) is 0.439. The van der Waals surface area contributed by atoms with Crippen LogP contribution < -0.4 is 4.74 Å². The highest BCUT2D eigenvalue weighted by Gasteiger charge is 2.16. The summed E-state index contributed by atoms with van der Waals surface area (Å²) in [6.45, 7) is 1.99. The third-order valence-corrected chi connectivity index (χ3v) is 2.83. The van der Waals surface area contributed by atoms with E-state index >= 15 is 0 Å². The molecule has 1 aromatic heterocycles. The van der Waals surface area contributed by atoms with Crippen LogP contribution in [0.2, 0.25) is 0 Å². The number of aromatic nitrogens is 2. The highest BCUT2D eigenvalue weighted by molar-refractivity contribution is 5.71. The van der Waals surface area contributed by atoms with Gasteiger partial charge in [0.15, 0.2) is 6.61 Å². The number of nitro benzene ring substituents is 1. The molecule has 2 aromatic rings. The Morgan fingerprint density at radius 3 is 2.91 bits per heavy atom. The zero-order valence-electron chi connectivity index (χ0n) is 12.0. The van der Waals surface area contributed by atoms with Crippen molar-refractivity contribution in [1.82, 2.24) is 9.55 Å². The average Bonchev–Trinajstić information content (AvgIpc) is 2.99. The molecule has 0 saturated heterocycles. The van der Waals surface area contributed by atoms with Crippen molar-refractivity contribution < 1.29 is 19.2 Å². The molecule has 0 aliphatic carbocycles. The minimum absolute atomic E-state index is 0.0740. The number of rotatable bonds is 7. The molecule has 22 heavy (non-hydrogen) atoms. The molecule has 8 heteroatoms. The maximum absolute atomic E-state index is 11.2. The summed E-state index contributed by atoms with van der Waals surface area (Å²) in [6.07, 6.45) is 4.90. The van der Waals surface area contributed by atoms with Crippen LogP contribution in [0.25, 0.3) is 0 Å². The van der Waals surface area contributed by atoms with Crippen molar-refractivity contribution in [2.45, 2.75) is 13.5 Å². The van der Waals surface area contributed by atoms with E-state index in [1.165, 1.54) is 6.07 Å². The molecule has 0 spiro atoms. The molecule has 0 bridgehead atoms. The lowest BCUT2D eigenvalue weighted by Gasteiger charge is -2.08. The third kappa shape index (κ3) is 4.05. The predicted octanol–water partition coefficient (Wildman–Crippen LogP) is 1.78. The predicted molar refractivity (Wildman–Crippen MR) is 76.6 cm³/mol. The minimum atomic E-state index is -0.521. The minimum Gasteiger partial charge on any atom is -0.482 e. The largest absolute Gasteiger partial charge is 0.482 e. The number of esters is 1. The lowest BCUT2D eigenvalue weighted by atomic mass is 10.1. The third-order valence-electron chi connectivity index (χ3n) is 2.83. The van der Waals surface area contributed by atoms with E-state index in [4.69, 9.17) is 9.47 Å². The van der Waals surface area contributed by atoms with Crippen LogP contribution >= 0.6 is 0 Å². The van der Waals surface area contributed by atoms with Crippen LogP contribution in [0.3, 0.4) is 0 Å². The van der Waals surface area contributed by atoms with E-state index in [1.54, 1.807) is 42.3 Å². The van der Waals surface area contributed by atoms with Crippen LogP contribution in [0.15, 0.2) is 36.9 Å². The second-order valence-electron chi connectivity index (χ2n) is 4.38. The van der Waals surface area contributed by atoms with Crippen molar-refractivity contribution in [3.05, 3.63) is 52.6 Å². The Bertz CT molecular complexity index is 655. The second-order valence-corrected chi connectivity index (χ2v) is 4.38. The van der Waals surface area contributed by atoms with Crippen LogP contribution in [0.1, 0.15) is 12.5 Å². The van der Waals surface area contributed by atoms with Gasteiger partial charge in [0.05, 0.1) is 30.5 Å². The fraction of sp³-hybridized carbons (Fsp3) is 0.286. The standard InChI is InChI=1S/C14H15N3O5/c1-2-21-14(18)9-22-12-4-3-11(13(7-12)17(19)20)8-16-6-5-15-10-16/h3-7,10H,2,8-9H2,1H3. The van der Waals surface area contributed by atoms with Gasteiger partial charge in [-0.25, -0.2) is 9.78 Å². The number of hydrogen-bond donors (Lipinski definition) is 0. The molecule has 0 aliphatic heterocycles. The van der Waals surface area contributed by atoms with Crippen molar-refractivity contribution in [3.63, 3.8) is 0 Å². The Kier molecular flexibility index (Phi) is 5.07. The van der Waals surface area contributed by atoms with Gasteiger partial charge >= 0.3 is 5.97 Å². The molecule has 0 unspecified atom stereocenters. The van der Waals surface area contributed by atoms with Gasteiger partial charge in [-0.15, -0.1) is 0 Å². The first-order chi connectivity index (χ1) is 10.6. The van der Waals surface area contributed by atoms with Gasteiger partial charge in [-0.3, -0.25) is 10.1 Å². The van der Waals surface area contributed by atoms with E-state index < -0.39 is 10.9 Å². The van der Waals surface area contributed by atoms with Crippen LogP contribution in [-0.4, -0.2) is 33.7 Å². The fourth-order valence-corrected chi connectivity index (χ4v) is 1.86. The lowest BCUT2D eigenvalue weighted by Crippen LogP contribution is -2.14. The van der Waals surface area contributed by atoms with Crippen molar-refractivity contribution >= 4 is 11.7 Å². The molecule has 0 aliphatic rings. The van der Waals surface area contributed by atoms with Crippen molar-refractivity contribution in [3.8, 4) is 5.75 Å². The van der Waals surface area contributed by atoms with Gasteiger partial charge in [0.2, 0.25) is 0 Å². The zero-order chi connectivity index (χ0) is 15.9. The van der Waals surface area contributed by atoms with Crippen LogP contribution in [-0.2, 0) is 16.1 Å². The maximum atomic E-state index is 11.2. The van der Waals surface area contributed by atoms with Crippen LogP contribution in [0.5, 0.6) is 5.75 Å². The number of carbonyl (C=O) groups excluding carboxylic acids is 1. The SMILES string of the molecule is CCOC(=O)COc1ccc(Cn2ccnc2)c([N+](=O)[O-])c1.